The van der Waals surface area contributed by atoms with E-state index in [1.165, 1.54) is 11.6 Å². The molecule has 0 radical (unpaired) electrons. The maximum atomic E-state index is 14.3. The molecule has 2 aromatic carbocycles. The second-order valence-corrected chi connectivity index (χ2v) is 7.89. The van der Waals surface area contributed by atoms with Crippen molar-refractivity contribution in [3.8, 4) is 0 Å². The highest BCUT2D eigenvalue weighted by Gasteiger charge is 2.50. The molecular weight excluding hydrogens is 335 g/mol. The molecule has 1 aliphatic heterocycles. The van der Waals surface area contributed by atoms with Crippen molar-refractivity contribution in [1.29, 1.82) is 0 Å². The Labute approximate surface area is 153 Å². The maximum Gasteiger partial charge on any atom is 0.128 e. The van der Waals surface area contributed by atoms with Crippen LogP contribution in [-0.4, -0.2) is 19.0 Å². The van der Waals surface area contributed by atoms with Crippen LogP contribution in [0.3, 0.4) is 0 Å². The molecule has 1 atom stereocenters. The van der Waals surface area contributed by atoms with Crippen LogP contribution in [0.2, 0.25) is 5.02 Å². The summed E-state index contributed by atoms with van der Waals surface area (Å²) in [4.78, 5) is 2.03. The molecule has 0 bridgehead atoms. The lowest BCUT2D eigenvalue weighted by molar-refractivity contribution is 0.508. The number of hydrogen-bond donors (Lipinski definition) is 1. The third-order valence-electron chi connectivity index (χ3n) is 5.58. The summed E-state index contributed by atoms with van der Waals surface area (Å²) >= 11 is 6.10. The summed E-state index contributed by atoms with van der Waals surface area (Å²) in [5.41, 5.74) is 5.40. The van der Waals surface area contributed by atoms with E-state index in [1.54, 1.807) is 12.1 Å². The summed E-state index contributed by atoms with van der Waals surface area (Å²) in [6.07, 6.45) is 3.20. The highest BCUT2D eigenvalue weighted by Crippen LogP contribution is 2.59. The van der Waals surface area contributed by atoms with E-state index in [0.717, 1.165) is 36.2 Å². The molecule has 1 saturated carbocycles. The first-order chi connectivity index (χ1) is 11.9. The smallest absolute Gasteiger partial charge is 0.128 e. The first-order valence-corrected chi connectivity index (χ1v) is 9.00. The Kier molecular flexibility index (Phi) is 3.80. The molecule has 1 N–H and O–H groups in total. The van der Waals surface area contributed by atoms with Crippen LogP contribution in [0.1, 0.15) is 42.0 Å². The van der Waals surface area contributed by atoms with Crippen molar-refractivity contribution in [3.05, 3.63) is 70.5 Å². The van der Waals surface area contributed by atoms with Gasteiger partial charge in [-0.3, -0.25) is 0 Å². The molecule has 1 fully saturated rings. The molecule has 1 spiro atoms. The molecule has 2 aliphatic rings. The van der Waals surface area contributed by atoms with E-state index in [2.05, 4.69) is 30.1 Å². The Balaban J connectivity index is 1.73. The topological polar surface area (TPSA) is 15.3 Å². The largest absolute Gasteiger partial charge is 0.378 e. The molecule has 0 saturated heterocycles. The Morgan fingerprint density at radius 3 is 2.68 bits per heavy atom. The number of hydrogen-bond acceptors (Lipinski definition) is 2. The second-order valence-electron chi connectivity index (χ2n) is 7.45. The minimum atomic E-state index is -0.196. The van der Waals surface area contributed by atoms with E-state index in [4.69, 9.17) is 11.6 Å². The summed E-state index contributed by atoms with van der Waals surface area (Å²) in [5.74, 6) is -0.196. The number of anilines is 1. The zero-order chi connectivity index (χ0) is 17.8. The molecule has 2 aromatic rings. The summed E-state index contributed by atoms with van der Waals surface area (Å²) in [5, 5.41) is 4.11. The minimum Gasteiger partial charge on any atom is -0.378 e. The van der Waals surface area contributed by atoms with Gasteiger partial charge in [-0.05, 0) is 66.1 Å². The van der Waals surface area contributed by atoms with E-state index in [9.17, 15) is 4.39 Å². The molecule has 2 nitrogen and oxygen atoms in total. The monoisotopic (exact) mass is 356 g/mol. The van der Waals surface area contributed by atoms with Crippen molar-refractivity contribution in [3.63, 3.8) is 0 Å². The molecule has 25 heavy (non-hydrogen) atoms. The van der Waals surface area contributed by atoms with Crippen LogP contribution in [0.4, 0.5) is 10.1 Å². The number of rotatable bonds is 3. The molecular formula is C21H22ClFN2. The van der Waals surface area contributed by atoms with Gasteiger partial charge in [-0.2, -0.15) is 0 Å². The lowest BCUT2D eigenvalue weighted by Crippen LogP contribution is -2.27. The van der Waals surface area contributed by atoms with Gasteiger partial charge in [0.15, 0.2) is 0 Å². The van der Waals surface area contributed by atoms with Gasteiger partial charge in [0, 0.05) is 36.1 Å². The molecule has 0 aromatic heterocycles. The quantitative estimate of drug-likeness (QED) is 0.770. The van der Waals surface area contributed by atoms with Crippen LogP contribution in [0.5, 0.6) is 0 Å². The van der Waals surface area contributed by atoms with Gasteiger partial charge in [-0.15, -0.1) is 0 Å². The van der Waals surface area contributed by atoms with Gasteiger partial charge in [-0.25, -0.2) is 4.39 Å². The van der Waals surface area contributed by atoms with Crippen molar-refractivity contribution in [2.45, 2.75) is 30.7 Å². The highest BCUT2D eigenvalue weighted by molar-refractivity contribution is 6.30. The molecule has 130 valence electrons. The van der Waals surface area contributed by atoms with E-state index < -0.39 is 0 Å². The van der Waals surface area contributed by atoms with Crippen molar-refractivity contribution >= 4 is 23.0 Å². The van der Waals surface area contributed by atoms with Gasteiger partial charge in [0.2, 0.25) is 0 Å². The van der Waals surface area contributed by atoms with E-state index in [0.29, 0.717) is 10.6 Å². The van der Waals surface area contributed by atoms with Crippen LogP contribution < -0.4 is 5.32 Å². The Morgan fingerprint density at radius 2 is 2.00 bits per heavy atom. The van der Waals surface area contributed by atoms with E-state index >= 15 is 0 Å². The lowest BCUT2D eigenvalue weighted by atomic mass is 9.81. The van der Waals surface area contributed by atoms with Crippen molar-refractivity contribution in [2.24, 2.45) is 0 Å². The van der Waals surface area contributed by atoms with Gasteiger partial charge in [0.05, 0.1) is 6.04 Å². The Hall–Kier alpha value is -2.00. The Morgan fingerprint density at radius 1 is 1.24 bits per heavy atom. The van der Waals surface area contributed by atoms with Crippen molar-refractivity contribution < 1.29 is 4.39 Å². The normalized spacial score (nSPS) is 19.9. The Bertz CT molecular complexity index is 855. The zero-order valence-corrected chi connectivity index (χ0v) is 15.3. The van der Waals surface area contributed by atoms with Gasteiger partial charge < -0.3 is 10.2 Å². The predicted octanol–water partition coefficient (Wildman–Crippen LogP) is 5.60. The van der Waals surface area contributed by atoms with E-state index in [1.807, 2.05) is 19.0 Å². The molecule has 4 rings (SSSR count). The lowest BCUT2D eigenvalue weighted by Gasteiger charge is -2.35. The predicted molar refractivity (Wildman–Crippen MR) is 102 cm³/mol. The zero-order valence-electron chi connectivity index (χ0n) is 14.6. The van der Waals surface area contributed by atoms with Crippen LogP contribution in [-0.2, 0) is 5.41 Å². The van der Waals surface area contributed by atoms with E-state index in [-0.39, 0.29) is 17.3 Å². The minimum absolute atomic E-state index is 0.0448. The van der Waals surface area contributed by atoms with Crippen LogP contribution in [0.15, 0.2) is 43.0 Å². The second kappa shape index (κ2) is 5.77. The third kappa shape index (κ3) is 2.81. The number of nitrogens with zero attached hydrogens (tertiary/aromatic N) is 1. The number of fused-ring (bicyclic) bond motifs is 2. The highest BCUT2D eigenvalue weighted by atomic mass is 35.5. The average molecular weight is 357 g/mol. The van der Waals surface area contributed by atoms with Crippen molar-refractivity contribution in [2.75, 3.05) is 19.4 Å². The van der Waals surface area contributed by atoms with Gasteiger partial charge in [0.1, 0.15) is 5.82 Å². The third-order valence-corrected chi connectivity index (χ3v) is 5.81. The summed E-state index contributed by atoms with van der Waals surface area (Å²) in [7, 11) is 4.01. The fourth-order valence-corrected chi connectivity index (χ4v) is 4.06. The van der Waals surface area contributed by atoms with Crippen LogP contribution in [0.25, 0.3) is 5.70 Å². The first kappa shape index (κ1) is 16.5. The number of benzene rings is 2. The van der Waals surface area contributed by atoms with Gasteiger partial charge >= 0.3 is 0 Å². The molecule has 4 heteroatoms. The van der Waals surface area contributed by atoms with Crippen LogP contribution in [0, 0.1) is 5.82 Å². The maximum absolute atomic E-state index is 14.3. The summed E-state index contributed by atoms with van der Waals surface area (Å²) in [6, 6.07) is 11.2. The summed E-state index contributed by atoms with van der Waals surface area (Å²) < 4.78 is 14.3. The first-order valence-electron chi connectivity index (χ1n) is 8.62. The molecule has 1 aliphatic carbocycles. The van der Waals surface area contributed by atoms with Crippen LogP contribution >= 0.6 is 11.6 Å². The fourth-order valence-electron chi connectivity index (χ4n) is 3.88. The molecule has 1 unspecified atom stereocenters. The summed E-state index contributed by atoms with van der Waals surface area (Å²) in [6.45, 7) is 4.17. The fraction of sp³-hybridized carbons (Fsp3) is 0.333. The average Bonchev–Trinajstić information content (AvgIpc) is 3.36. The van der Waals surface area contributed by atoms with Gasteiger partial charge in [-0.1, -0.05) is 24.2 Å². The standard InChI is InChI=1S/C21H22ClFN2/c1-13(25(2)3)14-4-7-19-17(10-14)21(8-9-21)12-20(24-19)16-11-15(22)5-6-18(16)23/h4-7,10-11,20,24H,1,8-9,12H2,2-3H3. The SMILES string of the molecule is C=C(c1ccc2c(c1)C1(CC1)CC(c1cc(Cl)ccc1F)N2)N(C)C. The molecule has 0 amide bonds. The number of halogens is 2. The van der Waals surface area contributed by atoms with Gasteiger partial charge in [0.25, 0.3) is 0 Å². The molecule has 1 heterocycles. The van der Waals surface area contributed by atoms with Crippen molar-refractivity contribution in [1.82, 2.24) is 4.90 Å². The number of nitrogens with one attached hydrogen (secondary N) is 1.